The predicted octanol–water partition coefficient (Wildman–Crippen LogP) is 0.132. The molecule has 0 aliphatic carbocycles. The summed E-state index contributed by atoms with van der Waals surface area (Å²) in [4.78, 5) is 41.5. The number of hydrazine groups is 1. The minimum atomic E-state index is -0.297. The van der Waals surface area contributed by atoms with Gasteiger partial charge < -0.3 is 5.32 Å². The van der Waals surface area contributed by atoms with Crippen LogP contribution in [0.1, 0.15) is 36.9 Å². The number of amides is 3. The molecule has 1 aromatic rings. The Hall–Kier alpha value is -2.00. The highest BCUT2D eigenvalue weighted by Gasteiger charge is 2.22. The van der Waals surface area contributed by atoms with E-state index in [9.17, 15) is 14.4 Å². The third-order valence-corrected chi connectivity index (χ3v) is 4.85. The maximum atomic E-state index is 12.0. The highest BCUT2D eigenvalue weighted by molar-refractivity contribution is 7.09. The number of aromatic nitrogens is 1. The molecule has 138 valence electrons. The fraction of sp³-hybridized carbons (Fsp3) is 0.625. The van der Waals surface area contributed by atoms with E-state index in [2.05, 4.69) is 21.2 Å². The molecule has 1 saturated heterocycles. The smallest absolute Gasteiger partial charge is 0.252 e. The summed E-state index contributed by atoms with van der Waals surface area (Å²) in [5.74, 6) is -0.540. The molecule has 1 aliphatic heterocycles. The number of carbonyl (C=O) groups excluding carboxylic acids is 3. The van der Waals surface area contributed by atoms with Crippen LogP contribution in [0.3, 0.4) is 0 Å². The lowest BCUT2D eigenvalue weighted by molar-refractivity contribution is -0.129. The van der Waals surface area contributed by atoms with Crippen LogP contribution in [0.25, 0.3) is 0 Å². The number of thiazole rings is 1. The number of nitrogens with one attached hydrogen (secondary N) is 3. The Morgan fingerprint density at radius 1 is 1.28 bits per heavy atom. The van der Waals surface area contributed by atoms with Gasteiger partial charge in [0.15, 0.2) is 0 Å². The van der Waals surface area contributed by atoms with Crippen molar-refractivity contribution in [2.24, 2.45) is 0 Å². The van der Waals surface area contributed by atoms with Crippen molar-refractivity contribution in [1.82, 2.24) is 26.1 Å². The molecule has 0 radical (unpaired) electrons. The fourth-order valence-corrected chi connectivity index (χ4v) is 3.46. The van der Waals surface area contributed by atoms with Crippen LogP contribution in [0.2, 0.25) is 0 Å². The number of likely N-dealkylation sites (tertiary alicyclic amines) is 1. The molecule has 1 aliphatic rings. The monoisotopic (exact) mass is 367 g/mol. The molecule has 0 bridgehead atoms. The maximum absolute atomic E-state index is 12.0. The molecule has 2 heterocycles. The first kappa shape index (κ1) is 19.3. The first-order valence-electron chi connectivity index (χ1n) is 8.46. The SMILES string of the molecule is CCC(=O)NC1CCCN(CC(=O)NNC(=O)Cc2nc(C)cs2)C1. The van der Waals surface area contributed by atoms with E-state index in [1.807, 2.05) is 24.1 Å². The Labute approximate surface area is 151 Å². The molecule has 0 aromatic carbocycles. The van der Waals surface area contributed by atoms with E-state index in [0.717, 1.165) is 30.1 Å². The van der Waals surface area contributed by atoms with E-state index in [1.54, 1.807) is 0 Å². The zero-order valence-electron chi connectivity index (χ0n) is 14.6. The highest BCUT2D eigenvalue weighted by atomic mass is 32.1. The van der Waals surface area contributed by atoms with E-state index in [4.69, 9.17) is 0 Å². The molecule has 1 aromatic heterocycles. The van der Waals surface area contributed by atoms with Crippen LogP contribution in [-0.2, 0) is 20.8 Å². The third-order valence-electron chi connectivity index (χ3n) is 3.88. The number of hydrogen-bond acceptors (Lipinski definition) is 6. The Morgan fingerprint density at radius 2 is 2.04 bits per heavy atom. The van der Waals surface area contributed by atoms with Crippen molar-refractivity contribution in [2.75, 3.05) is 19.6 Å². The number of piperidine rings is 1. The van der Waals surface area contributed by atoms with Crippen LogP contribution in [0.15, 0.2) is 5.38 Å². The van der Waals surface area contributed by atoms with Crippen LogP contribution >= 0.6 is 11.3 Å². The van der Waals surface area contributed by atoms with Crippen LogP contribution in [0, 0.1) is 6.92 Å². The van der Waals surface area contributed by atoms with Gasteiger partial charge in [0.05, 0.1) is 13.0 Å². The van der Waals surface area contributed by atoms with Crippen molar-refractivity contribution in [3.05, 3.63) is 16.1 Å². The van der Waals surface area contributed by atoms with Gasteiger partial charge in [-0.15, -0.1) is 11.3 Å². The van der Waals surface area contributed by atoms with E-state index >= 15 is 0 Å². The van der Waals surface area contributed by atoms with Gasteiger partial charge in [0, 0.05) is 30.1 Å². The van der Waals surface area contributed by atoms with Crippen LogP contribution < -0.4 is 16.2 Å². The van der Waals surface area contributed by atoms with Gasteiger partial charge in [-0.25, -0.2) is 4.98 Å². The van der Waals surface area contributed by atoms with Gasteiger partial charge in [-0.2, -0.15) is 0 Å². The number of hydrogen-bond donors (Lipinski definition) is 3. The molecule has 1 atom stereocenters. The summed E-state index contributed by atoms with van der Waals surface area (Å²) in [6, 6.07) is 0.0803. The van der Waals surface area contributed by atoms with E-state index in [1.165, 1.54) is 11.3 Å². The average molecular weight is 367 g/mol. The Kier molecular flexibility index (Phi) is 7.32. The number of carbonyl (C=O) groups is 3. The average Bonchev–Trinajstić information content (AvgIpc) is 2.98. The van der Waals surface area contributed by atoms with E-state index in [-0.39, 0.29) is 36.7 Å². The molecule has 3 N–H and O–H groups in total. The minimum Gasteiger partial charge on any atom is -0.352 e. The summed E-state index contributed by atoms with van der Waals surface area (Å²) >= 11 is 1.42. The summed E-state index contributed by atoms with van der Waals surface area (Å²) < 4.78 is 0. The lowest BCUT2D eigenvalue weighted by atomic mass is 10.1. The highest BCUT2D eigenvalue weighted by Crippen LogP contribution is 2.10. The lowest BCUT2D eigenvalue weighted by Crippen LogP contribution is -2.52. The topological polar surface area (TPSA) is 103 Å². The number of nitrogens with zero attached hydrogens (tertiary/aromatic N) is 2. The first-order chi connectivity index (χ1) is 12.0. The Morgan fingerprint density at radius 3 is 2.72 bits per heavy atom. The van der Waals surface area contributed by atoms with Gasteiger partial charge in [-0.3, -0.25) is 30.1 Å². The second-order valence-corrected chi connectivity index (χ2v) is 7.09. The fourth-order valence-electron chi connectivity index (χ4n) is 2.69. The van der Waals surface area contributed by atoms with Gasteiger partial charge in [0.2, 0.25) is 11.8 Å². The first-order valence-corrected chi connectivity index (χ1v) is 9.34. The summed E-state index contributed by atoms with van der Waals surface area (Å²) in [7, 11) is 0. The zero-order valence-corrected chi connectivity index (χ0v) is 15.4. The molecule has 25 heavy (non-hydrogen) atoms. The van der Waals surface area contributed by atoms with Crippen molar-refractivity contribution < 1.29 is 14.4 Å². The van der Waals surface area contributed by atoms with Crippen molar-refractivity contribution in [1.29, 1.82) is 0 Å². The van der Waals surface area contributed by atoms with Crippen molar-refractivity contribution in [3.63, 3.8) is 0 Å². The van der Waals surface area contributed by atoms with Gasteiger partial charge in [0.1, 0.15) is 5.01 Å². The Balaban J connectivity index is 1.68. The summed E-state index contributed by atoms with van der Waals surface area (Å²) in [5.41, 5.74) is 5.73. The van der Waals surface area contributed by atoms with Gasteiger partial charge in [-0.1, -0.05) is 6.92 Å². The van der Waals surface area contributed by atoms with Crippen molar-refractivity contribution in [3.8, 4) is 0 Å². The summed E-state index contributed by atoms with van der Waals surface area (Å²) in [6.45, 7) is 5.33. The van der Waals surface area contributed by atoms with Gasteiger partial charge in [0.25, 0.3) is 5.91 Å². The Bertz CT molecular complexity index is 619. The molecule has 8 nitrogen and oxygen atoms in total. The predicted molar refractivity (Wildman–Crippen MR) is 94.7 cm³/mol. The normalized spacial score (nSPS) is 17.8. The zero-order chi connectivity index (χ0) is 18.2. The van der Waals surface area contributed by atoms with Crippen LogP contribution in [0.4, 0.5) is 0 Å². The van der Waals surface area contributed by atoms with Crippen molar-refractivity contribution in [2.45, 2.75) is 45.6 Å². The van der Waals surface area contributed by atoms with Crippen molar-refractivity contribution >= 4 is 29.1 Å². The standard InChI is InChI=1S/C16H25N5O3S/c1-3-13(22)18-12-5-4-6-21(8-12)9-15(24)20-19-14(23)7-16-17-11(2)10-25-16/h10,12H,3-9H2,1-2H3,(H,18,22)(H,19,23)(H,20,24). The molecule has 2 rings (SSSR count). The second kappa shape index (κ2) is 9.47. The molecular weight excluding hydrogens is 342 g/mol. The largest absolute Gasteiger partial charge is 0.352 e. The number of aryl methyl sites for hydroxylation is 1. The molecule has 1 unspecified atom stereocenters. The molecular formula is C16H25N5O3S. The molecule has 0 spiro atoms. The van der Waals surface area contributed by atoms with Gasteiger partial charge in [-0.05, 0) is 26.3 Å². The second-order valence-electron chi connectivity index (χ2n) is 6.15. The molecule has 9 heteroatoms. The minimum absolute atomic E-state index is 0.0287. The van der Waals surface area contributed by atoms with Crippen LogP contribution in [0.5, 0.6) is 0 Å². The molecule has 0 saturated carbocycles. The quantitative estimate of drug-likeness (QED) is 0.620. The van der Waals surface area contributed by atoms with Crippen LogP contribution in [-0.4, -0.2) is 53.3 Å². The maximum Gasteiger partial charge on any atom is 0.252 e. The van der Waals surface area contributed by atoms with E-state index in [0.29, 0.717) is 13.0 Å². The molecule has 1 fully saturated rings. The third kappa shape index (κ3) is 6.79. The molecule has 3 amide bonds. The summed E-state index contributed by atoms with van der Waals surface area (Å²) in [6.07, 6.45) is 2.46. The summed E-state index contributed by atoms with van der Waals surface area (Å²) in [5, 5.41) is 5.56. The van der Waals surface area contributed by atoms with Gasteiger partial charge >= 0.3 is 0 Å². The number of rotatable bonds is 6. The van der Waals surface area contributed by atoms with E-state index < -0.39 is 0 Å². The lowest BCUT2D eigenvalue weighted by Gasteiger charge is -2.32.